The molecule has 0 amide bonds. The molecule has 0 aliphatic rings. The Labute approximate surface area is 124 Å². The van der Waals surface area contributed by atoms with E-state index < -0.39 is 7.82 Å². The molecule has 18 heavy (non-hydrogen) atoms. The number of unbranched alkanes of at least 4 members (excludes halogenated alkanes) is 4. The molecule has 1 atom stereocenters. The van der Waals surface area contributed by atoms with Crippen LogP contribution < -0.4 is 9.79 Å². The Hall–Kier alpha value is 0.733. The van der Waals surface area contributed by atoms with Gasteiger partial charge in [0.25, 0.3) is 0 Å². The van der Waals surface area contributed by atoms with Crippen LogP contribution in [0.2, 0.25) is 0 Å². The second-order valence-corrected chi connectivity index (χ2v) is 5.75. The van der Waals surface area contributed by atoms with Crippen LogP contribution in [-0.2, 0) is 28.6 Å². The Morgan fingerprint density at radius 1 is 1.00 bits per heavy atom. The minimum atomic E-state index is -4.80. The maximum Gasteiger partial charge on any atom is 2.00 e. The van der Waals surface area contributed by atoms with Gasteiger partial charge < -0.3 is 18.9 Å². The Balaban J connectivity index is 0. The van der Waals surface area contributed by atoms with E-state index in [-0.39, 0.29) is 32.0 Å². The minimum Gasteiger partial charge on any atom is -0.790 e. The van der Waals surface area contributed by atoms with Gasteiger partial charge in [-0.3, -0.25) is 0 Å². The van der Waals surface area contributed by atoms with Gasteiger partial charge in [0.1, 0.15) is 0 Å². The van der Waals surface area contributed by atoms with Gasteiger partial charge in [-0.2, -0.15) is 0 Å². The van der Waals surface area contributed by atoms with Gasteiger partial charge in [-0.25, -0.2) is 0 Å². The van der Waals surface area contributed by atoms with Crippen molar-refractivity contribution >= 4 is 7.82 Å². The molecule has 104 valence electrons. The first-order valence-electron chi connectivity index (χ1n) is 6.66. The van der Waals surface area contributed by atoms with E-state index in [1.165, 1.54) is 19.3 Å². The SMILES string of the molecule is CCCCCC[C@H](CCCC)COP(=O)([O-])[O-].[Zn+2]. The van der Waals surface area contributed by atoms with E-state index in [4.69, 9.17) is 0 Å². The molecule has 0 unspecified atom stereocenters. The predicted molar refractivity (Wildman–Crippen MR) is 65.3 cm³/mol. The topological polar surface area (TPSA) is 72.4 Å². The molecular weight excluding hydrogens is 304 g/mol. The van der Waals surface area contributed by atoms with E-state index >= 15 is 0 Å². The van der Waals surface area contributed by atoms with Gasteiger partial charge >= 0.3 is 19.5 Å². The molecule has 0 saturated heterocycles. The normalized spacial score (nSPS) is 13.1. The molecule has 6 heteroatoms. The van der Waals surface area contributed by atoms with Crippen LogP contribution in [0, 0.1) is 5.92 Å². The molecule has 0 aliphatic carbocycles. The van der Waals surface area contributed by atoms with Crippen LogP contribution in [0.4, 0.5) is 0 Å². The van der Waals surface area contributed by atoms with Crippen molar-refractivity contribution in [1.82, 2.24) is 0 Å². The van der Waals surface area contributed by atoms with Gasteiger partial charge in [-0.05, 0) is 18.8 Å². The summed E-state index contributed by atoms with van der Waals surface area (Å²) >= 11 is 0. The molecule has 0 bridgehead atoms. The van der Waals surface area contributed by atoms with E-state index in [2.05, 4.69) is 18.4 Å². The quantitative estimate of drug-likeness (QED) is 0.332. The molecule has 0 spiro atoms. The number of hydrogen-bond donors (Lipinski definition) is 0. The van der Waals surface area contributed by atoms with Crippen LogP contribution in [-0.4, -0.2) is 6.61 Å². The van der Waals surface area contributed by atoms with Crippen molar-refractivity contribution in [3.05, 3.63) is 0 Å². The number of rotatable bonds is 11. The Morgan fingerprint density at radius 3 is 2.06 bits per heavy atom. The molecule has 0 fully saturated rings. The first kappa shape index (κ1) is 21.0. The summed E-state index contributed by atoms with van der Waals surface area (Å²) in [6.07, 6.45) is 8.71. The maximum absolute atomic E-state index is 10.4. The van der Waals surface area contributed by atoms with Crippen LogP contribution in [0.3, 0.4) is 0 Å². The van der Waals surface area contributed by atoms with Crippen molar-refractivity contribution in [1.29, 1.82) is 0 Å². The molecule has 0 rings (SSSR count). The van der Waals surface area contributed by atoms with Crippen LogP contribution >= 0.6 is 7.82 Å². The van der Waals surface area contributed by atoms with Crippen LogP contribution in [0.1, 0.15) is 65.2 Å². The van der Waals surface area contributed by atoms with Gasteiger partial charge in [-0.1, -0.05) is 52.4 Å². The van der Waals surface area contributed by atoms with Crippen LogP contribution in [0.15, 0.2) is 0 Å². The zero-order valence-corrected chi connectivity index (χ0v) is 15.6. The van der Waals surface area contributed by atoms with Crippen molar-refractivity contribution in [2.24, 2.45) is 5.92 Å². The molecule has 0 radical (unpaired) electrons. The molecule has 0 N–H and O–H groups in total. The van der Waals surface area contributed by atoms with Gasteiger partial charge in [0.2, 0.25) is 0 Å². The van der Waals surface area contributed by atoms with E-state index in [0.717, 1.165) is 32.1 Å². The minimum absolute atomic E-state index is 0. The van der Waals surface area contributed by atoms with Gasteiger partial charge in [0.05, 0.1) is 14.4 Å². The summed E-state index contributed by atoms with van der Waals surface area (Å²) in [6.45, 7) is 4.32. The first-order chi connectivity index (χ1) is 7.99. The average Bonchev–Trinajstić information content (AvgIpc) is 2.25. The van der Waals surface area contributed by atoms with Crippen molar-refractivity contribution in [2.45, 2.75) is 65.2 Å². The fraction of sp³-hybridized carbons (Fsp3) is 1.00. The molecule has 0 saturated carbocycles. The predicted octanol–water partition coefficient (Wildman–Crippen LogP) is 2.61. The van der Waals surface area contributed by atoms with Gasteiger partial charge in [-0.15, -0.1) is 0 Å². The van der Waals surface area contributed by atoms with E-state index in [9.17, 15) is 14.4 Å². The summed E-state index contributed by atoms with van der Waals surface area (Å²) in [6, 6.07) is 0. The Kier molecular flexibility index (Phi) is 14.9. The third kappa shape index (κ3) is 14.8. The van der Waals surface area contributed by atoms with Crippen LogP contribution in [0.5, 0.6) is 0 Å². The van der Waals surface area contributed by atoms with Gasteiger partial charge in [0.15, 0.2) is 0 Å². The summed E-state index contributed by atoms with van der Waals surface area (Å²) in [5.41, 5.74) is 0. The summed E-state index contributed by atoms with van der Waals surface area (Å²) < 4.78 is 14.8. The van der Waals surface area contributed by atoms with E-state index in [1.54, 1.807) is 0 Å². The van der Waals surface area contributed by atoms with E-state index in [0.29, 0.717) is 0 Å². The number of phosphoric acid groups is 1. The fourth-order valence-electron chi connectivity index (χ4n) is 1.86. The molecule has 0 aliphatic heterocycles. The van der Waals surface area contributed by atoms with Gasteiger partial charge in [0, 0.05) is 0 Å². The standard InChI is InChI=1S/C12H27O4P.Zn/c1-3-5-7-8-10-12(9-6-4-2)11-16-17(13,14)15;/h12H,3-11H2,1-2H3,(H2,13,14,15);/q;+2/p-2/t12-;/m0./s1. The monoisotopic (exact) mass is 328 g/mol. The van der Waals surface area contributed by atoms with Crippen molar-refractivity contribution < 1.29 is 38.4 Å². The van der Waals surface area contributed by atoms with Crippen molar-refractivity contribution in [2.75, 3.05) is 6.61 Å². The third-order valence-corrected chi connectivity index (χ3v) is 3.37. The van der Waals surface area contributed by atoms with Crippen molar-refractivity contribution in [3.8, 4) is 0 Å². The second kappa shape index (κ2) is 12.8. The summed E-state index contributed by atoms with van der Waals surface area (Å²) in [4.78, 5) is 20.9. The molecule has 4 nitrogen and oxygen atoms in total. The summed E-state index contributed by atoms with van der Waals surface area (Å²) in [7, 11) is -4.80. The van der Waals surface area contributed by atoms with Crippen LogP contribution in [0.25, 0.3) is 0 Å². The maximum atomic E-state index is 10.4. The number of hydrogen-bond acceptors (Lipinski definition) is 4. The first-order valence-corrected chi connectivity index (χ1v) is 8.12. The summed E-state index contributed by atoms with van der Waals surface area (Å²) in [5.74, 6) is 0.211. The van der Waals surface area contributed by atoms with Crippen molar-refractivity contribution in [3.63, 3.8) is 0 Å². The number of phosphoric ester groups is 1. The smallest absolute Gasteiger partial charge is 0.790 e. The molecule has 0 aromatic rings. The second-order valence-electron chi connectivity index (χ2n) is 4.60. The molecule has 0 heterocycles. The molecule has 0 aromatic heterocycles. The molecular formula is C12H25O4PZn. The summed E-state index contributed by atoms with van der Waals surface area (Å²) in [5, 5.41) is 0. The zero-order chi connectivity index (χ0) is 13.1. The average molecular weight is 330 g/mol. The Morgan fingerprint density at radius 2 is 1.56 bits per heavy atom. The third-order valence-electron chi connectivity index (χ3n) is 2.90. The zero-order valence-electron chi connectivity index (χ0n) is 11.7. The Bertz CT molecular complexity index is 220. The fourth-order valence-corrected chi connectivity index (χ4v) is 2.25. The van der Waals surface area contributed by atoms with E-state index in [1.807, 2.05) is 0 Å². The molecule has 0 aromatic carbocycles. The largest absolute Gasteiger partial charge is 2.00 e.